The molecule has 0 aromatic heterocycles. The first-order valence-electron chi connectivity index (χ1n) is 1.70. The van der Waals surface area contributed by atoms with Gasteiger partial charge in [0.2, 0.25) is 0 Å². The van der Waals surface area contributed by atoms with Crippen molar-refractivity contribution in [3.63, 3.8) is 0 Å². The van der Waals surface area contributed by atoms with Gasteiger partial charge in [-0.25, -0.2) is 0 Å². The van der Waals surface area contributed by atoms with E-state index in [1.807, 2.05) is 0 Å². The summed E-state index contributed by atoms with van der Waals surface area (Å²) in [7, 11) is 0. The van der Waals surface area contributed by atoms with Crippen LogP contribution in [-0.4, -0.2) is 6.61 Å². The van der Waals surface area contributed by atoms with Gasteiger partial charge in [-0.2, -0.15) is 8.39 Å². The van der Waals surface area contributed by atoms with E-state index in [1.54, 1.807) is 0 Å². The van der Waals surface area contributed by atoms with E-state index in [1.165, 1.54) is 6.92 Å². The molecule has 0 heterocycles. The predicted molar refractivity (Wildman–Crippen MR) is 28.1 cm³/mol. The first-order chi connectivity index (χ1) is 3.06. The average Bonchev–Trinajstić information content (AvgIpc) is 1.30. The minimum Gasteiger partial charge on any atom is -0.303 e. The van der Waals surface area contributed by atoms with Gasteiger partial charge in [0.25, 0.3) is 0 Å². The van der Waals surface area contributed by atoms with Gasteiger partial charge in [0.05, 0.1) is 6.61 Å². The van der Waals surface area contributed by atoms with Crippen molar-refractivity contribution in [2.75, 3.05) is 6.61 Å². The van der Waals surface area contributed by atoms with Gasteiger partial charge < -0.3 is 4.52 Å². The van der Waals surface area contributed by atoms with Gasteiger partial charge in [0, 0.05) is 11.8 Å². The van der Waals surface area contributed by atoms with E-state index in [0.29, 0.717) is 0 Å². The van der Waals surface area contributed by atoms with Crippen LogP contribution in [0.4, 0.5) is 8.39 Å². The van der Waals surface area contributed by atoms with E-state index in [4.69, 9.17) is 0 Å². The van der Waals surface area contributed by atoms with E-state index in [9.17, 15) is 8.39 Å². The molecule has 44 valence electrons. The summed E-state index contributed by atoms with van der Waals surface area (Å²) >= 11 is 3.64. The van der Waals surface area contributed by atoms with Crippen molar-refractivity contribution < 1.29 is 12.9 Å². The summed E-state index contributed by atoms with van der Waals surface area (Å²) in [5, 5.41) is 0. The molecule has 0 fully saturated rings. The van der Waals surface area contributed by atoms with Gasteiger partial charge in [0.1, 0.15) is 0 Å². The minimum atomic E-state index is -4.33. The number of rotatable bonds is 2. The molecule has 0 rings (SSSR count). The van der Waals surface area contributed by atoms with Crippen molar-refractivity contribution in [1.29, 1.82) is 0 Å². The molecule has 0 N–H and O–H groups in total. The van der Waals surface area contributed by atoms with Crippen LogP contribution < -0.4 is 0 Å². The van der Waals surface area contributed by atoms with Gasteiger partial charge in [-0.3, -0.25) is 0 Å². The molecule has 0 unspecified atom stereocenters. The average molecular weight is 146 g/mol. The van der Waals surface area contributed by atoms with Crippen LogP contribution in [0.25, 0.3) is 0 Å². The highest BCUT2D eigenvalue weighted by atomic mass is 32.5. The largest absolute Gasteiger partial charge is 0.402 e. The Labute approximate surface area is 46.0 Å². The van der Waals surface area contributed by atoms with E-state index in [-0.39, 0.29) is 6.61 Å². The van der Waals surface area contributed by atoms with Crippen molar-refractivity contribution in [1.82, 2.24) is 0 Å². The fraction of sp³-hybridized carbons (Fsp3) is 1.00. The zero-order valence-corrected chi connectivity index (χ0v) is 5.44. The lowest BCUT2D eigenvalue weighted by Crippen LogP contribution is -1.75. The molecule has 0 aromatic carbocycles. The van der Waals surface area contributed by atoms with Crippen LogP contribution in [-0.2, 0) is 16.3 Å². The van der Waals surface area contributed by atoms with Crippen LogP contribution in [0, 0.1) is 0 Å². The summed E-state index contributed by atoms with van der Waals surface area (Å²) < 4.78 is 26.7. The van der Waals surface area contributed by atoms with Crippen molar-refractivity contribution in [3.05, 3.63) is 0 Å². The highest BCUT2D eigenvalue weighted by Crippen LogP contribution is 2.50. The van der Waals surface area contributed by atoms with Crippen molar-refractivity contribution >= 4 is 18.7 Å². The third kappa shape index (κ3) is 6.47. The SMILES string of the molecule is CCOP(F)(F)=S. The van der Waals surface area contributed by atoms with Crippen molar-refractivity contribution in [2.24, 2.45) is 0 Å². The molecule has 0 spiro atoms. The molecule has 0 bridgehead atoms. The zero-order valence-electron chi connectivity index (χ0n) is 3.73. The number of halogens is 2. The summed E-state index contributed by atoms with van der Waals surface area (Å²) in [6.45, 7) is -2.84. The van der Waals surface area contributed by atoms with Gasteiger partial charge in [0.15, 0.2) is 0 Å². The third-order valence-corrected chi connectivity index (χ3v) is 1.15. The van der Waals surface area contributed by atoms with Crippen LogP contribution in [0.5, 0.6) is 0 Å². The minimum absolute atomic E-state index is 0.00424. The highest BCUT2D eigenvalue weighted by Gasteiger charge is 2.10. The van der Waals surface area contributed by atoms with Crippen LogP contribution in [0.15, 0.2) is 0 Å². The highest BCUT2D eigenvalue weighted by molar-refractivity contribution is 8.07. The molecular formula is C2H5F2OPS. The lowest BCUT2D eigenvalue weighted by Gasteiger charge is -1.96. The summed E-state index contributed by atoms with van der Waals surface area (Å²) in [6.07, 6.45) is 0. The molecule has 0 aliphatic heterocycles. The lowest BCUT2D eigenvalue weighted by molar-refractivity contribution is 0.326. The summed E-state index contributed by atoms with van der Waals surface area (Å²) in [5.74, 6) is 0. The second-order valence-electron chi connectivity index (χ2n) is 0.832. The maximum absolute atomic E-state index is 11.4. The quantitative estimate of drug-likeness (QED) is 0.552. The molecule has 0 saturated heterocycles. The van der Waals surface area contributed by atoms with Crippen molar-refractivity contribution in [3.8, 4) is 0 Å². The molecule has 0 aliphatic rings. The Morgan fingerprint density at radius 2 is 2.14 bits per heavy atom. The number of hydrogen-bond acceptors (Lipinski definition) is 2. The Morgan fingerprint density at radius 1 is 1.71 bits per heavy atom. The zero-order chi connectivity index (χ0) is 5.91. The molecule has 7 heavy (non-hydrogen) atoms. The Hall–Kier alpha value is 0.470. The van der Waals surface area contributed by atoms with E-state index >= 15 is 0 Å². The van der Waals surface area contributed by atoms with Crippen LogP contribution in [0.3, 0.4) is 0 Å². The molecule has 5 heteroatoms. The Bertz CT molecular complexity index is 89.7. The Balaban J connectivity index is 3.36. The maximum Gasteiger partial charge on any atom is 0.402 e. The Kier molecular flexibility index (Phi) is 2.88. The van der Waals surface area contributed by atoms with E-state index in [2.05, 4.69) is 16.3 Å². The van der Waals surface area contributed by atoms with E-state index in [0.717, 1.165) is 0 Å². The second-order valence-corrected chi connectivity index (χ2v) is 3.19. The molecule has 0 saturated carbocycles. The second kappa shape index (κ2) is 2.70. The first-order valence-corrected chi connectivity index (χ1v) is 4.20. The number of hydrogen-bond donors (Lipinski definition) is 0. The molecule has 1 nitrogen and oxygen atoms in total. The predicted octanol–water partition coefficient (Wildman–Crippen LogP) is 2.19. The van der Waals surface area contributed by atoms with E-state index < -0.39 is 6.89 Å². The summed E-state index contributed by atoms with van der Waals surface area (Å²) in [5.41, 5.74) is 0. The molecule has 0 atom stereocenters. The molecule has 0 aromatic rings. The lowest BCUT2D eigenvalue weighted by atomic mass is 10.9. The maximum atomic E-state index is 11.4. The van der Waals surface area contributed by atoms with Gasteiger partial charge in [-0.1, -0.05) is 0 Å². The van der Waals surface area contributed by atoms with Crippen LogP contribution in [0.2, 0.25) is 0 Å². The fourth-order valence-electron chi connectivity index (χ4n) is 0.150. The normalized spacial score (nSPS) is 11.9. The molecule has 0 aliphatic carbocycles. The monoisotopic (exact) mass is 146 g/mol. The third-order valence-electron chi connectivity index (χ3n) is 0.279. The van der Waals surface area contributed by atoms with Crippen LogP contribution in [0.1, 0.15) is 6.92 Å². The van der Waals surface area contributed by atoms with Crippen molar-refractivity contribution in [2.45, 2.75) is 6.92 Å². The summed E-state index contributed by atoms with van der Waals surface area (Å²) in [6, 6.07) is 0. The first kappa shape index (κ1) is 7.47. The fourth-order valence-corrected chi connectivity index (χ4v) is 0.767. The molecular weight excluding hydrogens is 141 g/mol. The van der Waals surface area contributed by atoms with Gasteiger partial charge in [-0.15, -0.1) is 0 Å². The Morgan fingerprint density at radius 3 is 2.14 bits per heavy atom. The molecule has 0 amide bonds. The van der Waals surface area contributed by atoms with Gasteiger partial charge >= 0.3 is 6.89 Å². The van der Waals surface area contributed by atoms with Gasteiger partial charge in [-0.05, 0) is 6.92 Å². The smallest absolute Gasteiger partial charge is 0.303 e. The molecule has 0 radical (unpaired) electrons. The van der Waals surface area contributed by atoms with Crippen LogP contribution >= 0.6 is 6.89 Å². The summed E-state index contributed by atoms with van der Waals surface area (Å²) in [4.78, 5) is 0. The topological polar surface area (TPSA) is 9.23 Å². The standard InChI is InChI=1S/C2H5F2OPS/c1-2-5-6(3,4)7/h2H2,1H3.